The van der Waals surface area contributed by atoms with Crippen molar-refractivity contribution in [3.8, 4) is 22.6 Å². The first kappa shape index (κ1) is 23.0. The number of fused-ring (bicyclic) bond motifs is 1. The third-order valence-corrected chi connectivity index (χ3v) is 8.60. The Morgan fingerprint density at radius 2 is 2.12 bits per heavy atom. The van der Waals surface area contributed by atoms with Crippen molar-refractivity contribution < 1.29 is 4.79 Å². The van der Waals surface area contributed by atoms with Crippen LogP contribution in [-0.4, -0.2) is 31.4 Å². The fraction of sp³-hybridized carbons (Fsp3) is 0.280. The predicted molar refractivity (Wildman–Crippen MR) is 142 cm³/mol. The molecule has 3 heterocycles. The average Bonchev–Trinajstić information content (AvgIpc) is 3.57. The highest BCUT2D eigenvalue weighted by atomic mass is 32.2. The van der Waals surface area contributed by atoms with Crippen LogP contribution in [0, 0.1) is 5.92 Å². The largest absolute Gasteiger partial charge is 0.301 e. The highest BCUT2D eigenvalue weighted by Crippen LogP contribution is 2.38. The van der Waals surface area contributed by atoms with Gasteiger partial charge in [-0.05, 0) is 30.7 Å². The van der Waals surface area contributed by atoms with E-state index in [9.17, 15) is 4.79 Å². The number of nitrogens with zero attached hydrogens (tertiary/aromatic N) is 4. The molecule has 6 nitrogen and oxygen atoms in total. The highest BCUT2D eigenvalue weighted by Gasteiger charge is 2.24. The summed E-state index contributed by atoms with van der Waals surface area (Å²) in [6, 6.07) is 9.94. The lowest BCUT2D eigenvalue weighted by molar-refractivity contribution is -0.113. The van der Waals surface area contributed by atoms with Gasteiger partial charge in [0.05, 0.1) is 11.4 Å². The highest BCUT2D eigenvalue weighted by molar-refractivity contribution is 7.99. The second-order valence-corrected chi connectivity index (χ2v) is 11.1. The number of allylic oxidation sites excluding steroid dienone is 1. The van der Waals surface area contributed by atoms with Gasteiger partial charge >= 0.3 is 0 Å². The van der Waals surface area contributed by atoms with Gasteiger partial charge in [-0.1, -0.05) is 55.1 Å². The molecular weight excluding hydrogens is 483 g/mol. The van der Waals surface area contributed by atoms with Gasteiger partial charge in [-0.2, -0.15) is 0 Å². The van der Waals surface area contributed by atoms with Crippen molar-refractivity contribution in [2.75, 3.05) is 11.1 Å². The molecule has 0 spiro atoms. The second-order valence-electron chi connectivity index (χ2n) is 8.35. The lowest BCUT2D eigenvalue weighted by Crippen LogP contribution is -2.14. The molecule has 1 aliphatic carbocycles. The Hall–Kier alpha value is -2.75. The van der Waals surface area contributed by atoms with Gasteiger partial charge in [0, 0.05) is 33.3 Å². The van der Waals surface area contributed by atoms with Gasteiger partial charge in [0.1, 0.15) is 0 Å². The molecule has 34 heavy (non-hydrogen) atoms. The molecule has 0 bridgehead atoms. The summed E-state index contributed by atoms with van der Waals surface area (Å²) in [5, 5.41) is 17.3. The van der Waals surface area contributed by atoms with E-state index in [1.807, 2.05) is 53.1 Å². The van der Waals surface area contributed by atoms with E-state index < -0.39 is 0 Å². The number of carbonyl (C=O) groups excluding carboxylic acids is 1. The van der Waals surface area contributed by atoms with Crippen molar-refractivity contribution >= 4 is 45.5 Å². The first-order chi connectivity index (χ1) is 16.6. The van der Waals surface area contributed by atoms with Crippen molar-refractivity contribution in [1.29, 1.82) is 0 Å². The Bertz CT molecular complexity index is 1310. The van der Waals surface area contributed by atoms with Crippen LogP contribution >= 0.6 is 34.4 Å². The molecular formula is C25H25N5OS3. The third-order valence-electron chi connectivity index (χ3n) is 5.82. The minimum absolute atomic E-state index is 0.115. The molecule has 9 heteroatoms. The Balaban J connectivity index is 1.27. The monoisotopic (exact) mass is 507 g/mol. The Morgan fingerprint density at radius 1 is 1.26 bits per heavy atom. The number of rotatable bonds is 8. The molecule has 1 aliphatic rings. The molecule has 0 radical (unpaired) electrons. The van der Waals surface area contributed by atoms with Gasteiger partial charge in [-0.3, -0.25) is 9.36 Å². The average molecular weight is 508 g/mol. The second kappa shape index (κ2) is 10.2. The lowest BCUT2D eigenvalue weighted by Gasteiger charge is -2.19. The minimum Gasteiger partial charge on any atom is -0.301 e. The van der Waals surface area contributed by atoms with E-state index in [-0.39, 0.29) is 11.7 Å². The number of aromatic nitrogens is 4. The fourth-order valence-corrected chi connectivity index (χ4v) is 6.84. The molecule has 0 saturated heterocycles. The smallest absolute Gasteiger partial charge is 0.236 e. The molecule has 174 valence electrons. The molecule has 0 aliphatic heterocycles. The van der Waals surface area contributed by atoms with Crippen LogP contribution in [0.25, 0.3) is 22.6 Å². The van der Waals surface area contributed by atoms with E-state index in [2.05, 4.69) is 43.9 Å². The van der Waals surface area contributed by atoms with Gasteiger partial charge in [0.2, 0.25) is 5.91 Å². The standard InChI is InChI=1S/C25H25N5OS3/c1-3-11-30-23(19-13-32-21-12-16(2)9-10-18(19)21)28-29-25(30)34-15-22(31)27-24-26-20(14-33-24)17-7-5-4-6-8-17/h3-8,13-14,16H,1,9-12,15H2,2H3,(H,26,27,31). The van der Waals surface area contributed by atoms with Crippen molar-refractivity contribution in [3.63, 3.8) is 0 Å². The maximum atomic E-state index is 12.6. The number of anilines is 1. The number of benzene rings is 1. The van der Waals surface area contributed by atoms with Gasteiger partial charge in [-0.25, -0.2) is 4.98 Å². The quantitative estimate of drug-likeness (QED) is 0.228. The van der Waals surface area contributed by atoms with Crippen molar-refractivity contribution in [1.82, 2.24) is 19.7 Å². The van der Waals surface area contributed by atoms with Gasteiger partial charge in [0.25, 0.3) is 0 Å². The SMILES string of the molecule is C=CCn1c(SCC(=O)Nc2nc(-c3ccccc3)cs2)nnc1-c1csc2c1CCC(C)C2. The van der Waals surface area contributed by atoms with E-state index in [1.165, 1.54) is 45.5 Å². The van der Waals surface area contributed by atoms with Crippen LogP contribution < -0.4 is 5.32 Å². The number of carbonyl (C=O) groups is 1. The number of hydrogen-bond donors (Lipinski definition) is 1. The van der Waals surface area contributed by atoms with Crippen LogP contribution in [0.4, 0.5) is 5.13 Å². The van der Waals surface area contributed by atoms with Crippen molar-refractivity contribution in [2.45, 2.75) is 37.9 Å². The summed E-state index contributed by atoms with van der Waals surface area (Å²) < 4.78 is 2.06. The molecule has 1 N–H and O–H groups in total. The van der Waals surface area contributed by atoms with E-state index in [4.69, 9.17) is 0 Å². The van der Waals surface area contributed by atoms with Crippen LogP contribution in [0.15, 0.2) is 58.9 Å². The maximum Gasteiger partial charge on any atom is 0.236 e. The number of hydrogen-bond acceptors (Lipinski definition) is 7. The number of thiazole rings is 1. The first-order valence-corrected chi connectivity index (χ1v) is 13.9. The molecule has 1 aromatic carbocycles. The summed E-state index contributed by atoms with van der Waals surface area (Å²) in [5.41, 5.74) is 4.48. The third kappa shape index (κ3) is 4.87. The molecule has 0 fully saturated rings. The first-order valence-electron chi connectivity index (χ1n) is 11.2. The number of nitrogens with one attached hydrogen (secondary N) is 1. The Morgan fingerprint density at radius 3 is 2.94 bits per heavy atom. The summed E-state index contributed by atoms with van der Waals surface area (Å²) in [5.74, 6) is 1.71. The number of thiophene rings is 1. The van der Waals surface area contributed by atoms with E-state index in [0.29, 0.717) is 11.7 Å². The summed E-state index contributed by atoms with van der Waals surface area (Å²) in [4.78, 5) is 18.6. The Labute approximate surface area is 211 Å². The van der Waals surface area contributed by atoms with Crippen LogP contribution in [0.3, 0.4) is 0 Å². The predicted octanol–water partition coefficient (Wildman–Crippen LogP) is 6.17. The number of thioether (sulfide) groups is 1. The molecule has 4 aromatic rings. The minimum atomic E-state index is -0.115. The molecule has 5 rings (SSSR count). The zero-order chi connectivity index (χ0) is 23.5. The van der Waals surface area contributed by atoms with Crippen LogP contribution in [0.2, 0.25) is 0 Å². The normalized spacial score (nSPS) is 15.1. The van der Waals surface area contributed by atoms with E-state index in [0.717, 1.165) is 41.0 Å². The molecule has 1 atom stereocenters. The summed E-state index contributed by atoms with van der Waals surface area (Å²) in [6.07, 6.45) is 5.27. The van der Waals surface area contributed by atoms with Gasteiger partial charge < -0.3 is 5.32 Å². The van der Waals surface area contributed by atoms with Crippen LogP contribution in [-0.2, 0) is 24.2 Å². The summed E-state index contributed by atoms with van der Waals surface area (Å²) in [7, 11) is 0. The van der Waals surface area contributed by atoms with Gasteiger partial charge in [0.15, 0.2) is 16.1 Å². The maximum absolute atomic E-state index is 12.6. The molecule has 0 saturated carbocycles. The molecule has 3 aromatic heterocycles. The fourth-order valence-electron chi connectivity index (χ4n) is 4.11. The lowest BCUT2D eigenvalue weighted by atomic mass is 9.88. The van der Waals surface area contributed by atoms with Gasteiger partial charge in [-0.15, -0.1) is 39.4 Å². The van der Waals surface area contributed by atoms with E-state index in [1.54, 1.807) is 0 Å². The van der Waals surface area contributed by atoms with Crippen molar-refractivity contribution in [2.24, 2.45) is 5.92 Å². The molecule has 1 unspecified atom stereocenters. The summed E-state index contributed by atoms with van der Waals surface area (Å²) in [6.45, 7) is 6.82. The molecule has 1 amide bonds. The Kier molecular flexibility index (Phi) is 6.94. The zero-order valence-electron chi connectivity index (χ0n) is 18.9. The van der Waals surface area contributed by atoms with Crippen molar-refractivity contribution in [3.05, 3.63) is 64.2 Å². The van der Waals surface area contributed by atoms with Crippen LogP contribution in [0.5, 0.6) is 0 Å². The zero-order valence-corrected chi connectivity index (χ0v) is 21.3. The topological polar surface area (TPSA) is 72.7 Å². The summed E-state index contributed by atoms with van der Waals surface area (Å²) >= 11 is 4.63. The van der Waals surface area contributed by atoms with E-state index >= 15 is 0 Å². The van der Waals surface area contributed by atoms with Crippen LogP contribution in [0.1, 0.15) is 23.8 Å². The number of amides is 1.